The van der Waals surface area contributed by atoms with Gasteiger partial charge in [0.2, 0.25) is 0 Å². The van der Waals surface area contributed by atoms with Crippen molar-refractivity contribution in [3.8, 4) is 22.4 Å². The first-order valence-electron chi connectivity index (χ1n) is 11.4. The van der Waals surface area contributed by atoms with Crippen LogP contribution in [0.4, 0.5) is 0 Å². The topological polar surface area (TPSA) is 26.0 Å². The molecule has 2 heterocycles. The minimum atomic E-state index is -0.0367. The fourth-order valence-corrected chi connectivity index (χ4v) is 5.39. The van der Waals surface area contributed by atoms with Crippen molar-refractivity contribution in [3.05, 3.63) is 89.1 Å². The minimum absolute atomic E-state index is 0.0367. The molecule has 0 unspecified atom stereocenters. The summed E-state index contributed by atoms with van der Waals surface area (Å²) in [7, 11) is 0. The van der Waals surface area contributed by atoms with E-state index in [9.17, 15) is 0 Å². The first-order chi connectivity index (χ1) is 15.4. The molecular formula is C30H27NO. The monoisotopic (exact) mass is 417 g/mol. The van der Waals surface area contributed by atoms with E-state index in [4.69, 9.17) is 9.40 Å². The third-order valence-electron chi connectivity index (χ3n) is 7.26. The van der Waals surface area contributed by atoms with Crippen molar-refractivity contribution in [3.63, 3.8) is 0 Å². The van der Waals surface area contributed by atoms with Crippen LogP contribution < -0.4 is 0 Å². The van der Waals surface area contributed by atoms with Crippen LogP contribution in [-0.2, 0) is 5.41 Å². The maximum Gasteiger partial charge on any atom is 0.145 e. The van der Waals surface area contributed by atoms with Crippen LogP contribution in [0.1, 0.15) is 55.9 Å². The lowest BCUT2D eigenvalue weighted by atomic mass is 9.82. The zero-order valence-electron chi connectivity index (χ0n) is 19.3. The number of benzene rings is 3. The van der Waals surface area contributed by atoms with Crippen molar-refractivity contribution in [2.75, 3.05) is 0 Å². The van der Waals surface area contributed by atoms with Crippen LogP contribution in [0.15, 0.2) is 71.3 Å². The fourth-order valence-electron chi connectivity index (χ4n) is 5.39. The van der Waals surface area contributed by atoms with Crippen molar-refractivity contribution in [1.82, 2.24) is 4.98 Å². The highest BCUT2D eigenvalue weighted by molar-refractivity contribution is 6.11. The summed E-state index contributed by atoms with van der Waals surface area (Å²) in [6.45, 7) is 11.2. The molecule has 1 aliphatic carbocycles. The lowest BCUT2D eigenvalue weighted by Gasteiger charge is -2.21. The third-order valence-corrected chi connectivity index (χ3v) is 7.26. The lowest BCUT2D eigenvalue weighted by Crippen LogP contribution is -2.14. The first kappa shape index (κ1) is 19.3. The van der Waals surface area contributed by atoms with Gasteiger partial charge in [0.05, 0.1) is 5.69 Å². The Balaban J connectivity index is 1.66. The summed E-state index contributed by atoms with van der Waals surface area (Å²) in [5.41, 5.74) is 11.8. The molecule has 1 aliphatic rings. The minimum Gasteiger partial charge on any atom is -0.455 e. The molecule has 0 spiro atoms. The van der Waals surface area contributed by atoms with E-state index in [2.05, 4.69) is 95.3 Å². The average Bonchev–Trinajstić information content (AvgIpc) is 3.25. The average molecular weight is 418 g/mol. The van der Waals surface area contributed by atoms with Crippen molar-refractivity contribution in [2.24, 2.45) is 0 Å². The molecule has 0 radical (unpaired) electrons. The molecule has 0 saturated heterocycles. The number of nitrogens with zero attached hydrogens (tertiary/aromatic N) is 1. The maximum atomic E-state index is 6.60. The van der Waals surface area contributed by atoms with Crippen LogP contribution in [-0.4, -0.2) is 4.98 Å². The second kappa shape index (κ2) is 6.56. The van der Waals surface area contributed by atoms with E-state index in [1.54, 1.807) is 0 Å². The summed E-state index contributed by atoms with van der Waals surface area (Å²) in [6.07, 6.45) is 1.92. The maximum absolute atomic E-state index is 6.60. The Hall–Kier alpha value is -3.39. The molecule has 2 nitrogen and oxygen atoms in total. The number of fused-ring (bicyclic) bond motifs is 6. The molecule has 0 N–H and O–H groups in total. The third kappa shape index (κ3) is 2.56. The molecule has 0 saturated carbocycles. The molecule has 6 rings (SSSR count). The van der Waals surface area contributed by atoms with Crippen LogP contribution in [0.2, 0.25) is 0 Å². The van der Waals surface area contributed by atoms with Crippen LogP contribution in [0, 0.1) is 6.92 Å². The van der Waals surface area contributed by atoms with Gasteiger partial charge in [-0.1, -0.05) is 64.1 Å². The van der Waals surface area contributed by atoms with E-state index >= 15 is 0 Å². The van der Waals surface area contributed by atoms with Gasteiger partial charge in [0.1, 0.15) is 11.2 Å². The van der Waals surface area contributed by atoms with E-state index in [-0.39, 0.29) is 5.41 Å². The quantitative estimate of drug-likeness (QED) is 0.288. The van der Waals surface area contributed by atoms with E-state index < -0.39 is 0 Å². The first-order valence-corrected chi connectivity index (χ1v) is 11.4. The van der Waals surface area contributed by atoms with E-state index in [1.807, 2.05) is 6.20 Å². The molecule has 5 aromatic rings. The number of hydrogen-bond acceptors (Lipinski definition) is 2. The van der Waals surface area contributed by atoms with E-state index in [1.165, 1.54) is 38.8 Å². The zero-order chi connectivity index (χ0) is 22.2. The number of rotatable bonds is 2. The summed E-state index contributed by atoms with van der Waals surface area (Å²) in [4.78, 5) is 4.73. The van der Waals surface area contributed by atoms with Gasteiger partial charge in [-0.2, -0.15) is 0 Å². The van der Waals surface area contributed by atoms with Gasteiger partial charge < -0.3 is 4.42 Å². The molecule has 0 amide bonds. The molecule has 0 bridgehead atoms. The molecule has 158 valence electrons. The normalized spacial score (nSPS) is 14.3. The fraction of sp³-hybridized carbons (Fsp3) is 0.233. The van der Waals surface area contributed by atoms with Crippen LogP contribution in [0.25, 0.3) is 44.3 Å². The number of pyridine rings is 1. The highest BCUT2D eigenvalue weighted by Gasteiger charge is 2.36. The Labute approximate surface area is 188 Å². The Bertz CT molecular complexity index is 1530. The molecule has 2 aromatic heterocycles. The predicted octanol–water partition coefficient (Wildman–Crippen LogP) is 8.39. The largest absolute Gasteiger partial charge is 0.455 e. The van der Waals surface area contributed by atoms with Gasteiger partial charge in [-0.05, 0) is 70.5 Å². The van der Waals surface area contributed by atoms with Crippen molar-refractivity contribution >= 4 is 21.9 Å². The molecule has 32 heavy (non-hydrogen) atoms. The summed E-state index contributed by atoms with van der Waals surface area (Å²) in [5.74, 6) is 0.456. The number of hydrogen-bond donors (Lipinski definition) is 0. The van der Waals surface area contributed by atoms with Crippen LogP contribution >= 0.6 is 0 Å². The zero-order valence-corrected chi connectivity index (χ0v) is 19.3. The molecule has 2 heteroatoms. The Kier molecular flexibility index (Phi) is 3.96. The number of furan rings is 1. The molecule has 3 aromatic carbocycles. The summed E-state index contributed by atoms with van der Waals surface area (Å²) in [5, 5.41) is 2.33. The second-order valence-corrected chi connectivity index (χ2v) is 9.93. The Morgan fingerprint density at radius 3 is 2.47 bits per heavy atom. The predicted molar refractivity (Wildman–Crippen MR) is 133 cm³/mol. The van der Waals surface area contributed by atoms with Gasteiger partial charge in [0.15, 0.2) is 0 Å². The Morgan fingerprint density at radius 2 is 1.66 bits per heavy atom. The smallest absolute Gasteiger partial charge is 0.145 e. The highest BCUT2D eigenvalue weighted by Crippen LogP contribution is 2.51. The van der Waals surface area contributed by atoms with Gasteiger partial charge in [0.25, 0.3) is 0 Å². The van der Waals surface area contributed by atoms with Crippen LogP contribution in [0.5, 0.6) is 0 Å². The lowest BCUT2D eigenvalue weighted by molar-refractivity contribution is 0.647. The second-order valence-electron chi connectivity index (χ2n) is 9.93. The van der Waals surface area contributed by atoms with Crippen molar-refractivity contribution in [1.29, 1.82) is 0 Å². The van der Waals surface area contributed by atoms with Gasteiger partial charge in [-0.25, -0.2) is 0 Å². The van der Waals surface area contributed by atoms with Gasteiger partial charge in [-0.15, -0.1) is 0 Å². The van der Waals surface area contributed by atoms with Gasteiger partial charge in [0, 0.05) is 27.9 Å². The molecular weight excluding hydrogens is 390 g/mol. The molecule has 0 fully saturated rings. The summed E-state index contributed by atoms with van der Waals surface area (Å²) >= 11 is 0. The van der Waals surface area contributed by atoms with Crippen LogP contribution in [0.3, 0.4) is 0 Å². The highest BCUT2D eigenvalue weighted by atomic mass is 16.3. The summed E-state index contributed by atoms with van der Waals surface area (Å²) < 4.78 is 6.60. The van der Waals surface area contributed by atoms with Gasteiger partial charge in [-0.3, -0.25) is 4.98 Å². The SMILES string of the molecule is Cc1ccc2c(oc3cc4c(cc32)-c2ccccc2C4(C)C)c1-c1cc(C(C)C)ccn1. The van der Waals surface area contributed by atoms with E-state index in [0.29, 0.717) is 5.92 Å². The van der Waals surface area contributed by atoms with Crippen molar-refractivity contribution in [2.45, 2.75) is 46.0 Å². The standard InChI is InChI=1S/C30H27NO/c1-17(2)19-12-13-31-26(14-19)28-18(3)10-11-21-23-15-22-20-8-6-7-9-24(20)30(4,5)25(22)16-27(23)32-29(21)28/h6-17H,1-5H3. The van der Waals surface area contributed by atoms with Gasteiger partial charge >= 0.3 is 0 Å². The number of aromatic nitrogens is 1. The molecule has 0 atom stereocenters. The Morgan fingerprint density at radius 1 is 0.844 bits per heavy atom. The summed E-state index contributed by atoms with van der Waals surface area (Å²) in [6, 6.07) is 22.1. The molecule has 0 aliphatic heterocycles. The number of aryl methyl sites for hydroxylation is 1. The van der Waals surface area contributed by atoms with E-state index in [0.717, 1.165) is 27.8 Å². The van der Waals surface area contributed by atoms with Crippen molar-refractivity contribution < 1.29 is 4.42 Å².